The topological polar surface area (TPSA) is 81.5 Å². The number of carbonyl (C=O) groups is 1. The van der Waals surface area contributed by atoms with Gasteiger partial charge in [0, 0.05) is 23.4 Å². The zero-order valence-corrected chi connectivity index (χ0v) is 13.7. The van der Waals surface area contributed by atoms with Crippen molar-refractivity contribution in [1.29, 1.82) is 0 Å². The zero-order valence-electron chi connectivity index (χ0n) is 13.7. The Morgan fingerprint density at radius 3 is 2.54 bits per heavy atom. The van der Waals surface area contributed by atoms with E-state index in [0.717, 1.165) is 6.42 Å². The summed E-state index contributed by atoms with van der Waals surface area (Å²) in [5.74, 6) is 0.955. The van der Waals surface area contributed by atoms with Crippen LogP contribution in [-0.4, -0.2) is 17.4 Å². The van der Waals surface area contributed by atoms with Crippen LogP contribution in [0.4, 0.5) is 11.4 Å². The second-order valence-corrected chi connectivity index (χ2v) is 5.82. The molecule has 1 amide bonds. The van der Waals surface area contributed by atoms with Crippen LogP contribution in [0.5, 0.6) is 5.75 Å². The molecule has 0 aliphatic rings. The summed E-state index contributed by atoms with van der Waals surface area (Å²) in [4.78, 5) is 22.4. The molecule has 6 nitrogen and oxygen atoms in total. The average Bonchev–Trinajstić information content (AvgIpc) is 2.55. The first-order valence-electron chi connectivity index (χ1n) is 7.74. The summed E-state index contributed by atoms with van der Waals surface area (Å²) >= 11 is 0. The summed E-state index contributed by atoms with van der Waals surface area (Å²) in [7, 11) is 0. The Balaban J connectivity index is 1.97. The predicted octanol–water partition coefficient (Wildman–Crippen LogP) is 4.27. The normalized spacial score (nSPS) is 10.5. The maximum absolute atomic E-state index is 12.2. The standard InChI is InChI=1S/C18H20N2O4/c1-13(2)10-11-24-17-8-6-14(7-9-17)18(21)19-15-4-3-5-16(12-15)20(22)23/h3-9,12-13H,10-11H2,1-2H3,(H,19,21). The number of nitro groups is 1. The second kappa shape index (κ2) is 8.10. The monoisotopic (exact) mass is 328 g/mol. The molecule has 0 aromatic heterocycles. The SMILES string of the molecule is CC(C)CCOc1ccc(C(=O)Nc2cccc([N+](=O)[O-])c2)cc1. The molecule has 24 heavy (non-hydrogen) atoms. The molecule has 0 unspecified atom stereocenters. The summed E-state index contributed by atoms with van der Waals surface area (Å²) < 4.78 is 5.61. The zero-order chi connectivity index (χ0) is 17.5. The molecular weight excluding hydrogens is 308 g/mol. The van der Waals surface area contributed by atoms with Crippen molar-refractivity contribution >= 4 is 17.3 Å². The van der Waals surface area contributed by atoms with E-state index in [9.17, 15) is 14.9 Å². The average molecular weight is 328 g/mol. The minimum absolute atomic E-state index is 0.0679. The first-order valence-corrected chi connectivity index (χ1v) is 7.74. The van der Waals surface area contributed by atoms with Gasteiger partial charge in [-0.1, -0.05) is 19.9 Å². The van der Waals surface area contributed by atoms with E-state index in [-0.39, 0.29) is 11.6 Å². The minimum atomic E-state index is -0.501. The molecule has 0 spiro atoms. The van der Waals surface area contributed by atoms with Gasteiger partial charge in [-0.3, -0.25) is 14.9 Å². The molecule has 0 fully saturated rings. The van der Waals surface area contributed by atoms with E-state index < -0.39 is 4.92 Å². The number of hydrogen-bond acceptors (Lipinski definition) is 4. The molecule has 0 saturated carbocycles. The van der Waals surface area contributed by atoms with Crippen LogP contribution in [0.15, 0.2) is 48.5 Å². The number of ether oxygens (including phenoxy) is 1. The fourth-order valence-corrected chi connectivity index (χ4v) is 2.02. The smallest absolute Gasteiger partial charge is 0.271 e. The van der Waals surface area contributed by atoms with Crippen molar-refractivity contribution in [3.63, 3.8) is 0 Å². The van der Waals surface area contributed by atoms with E-state index in [2.05, 4.69) is 19.2 Å². The van der Waals surface area contributed by atoms with Crippen molar-refractivity contribution in [3.05, 3.63) is 64.2 Å². The fourth-order valence-electron chi connectivity index (χ4n) is 2.02. The highest BCUT2D eigenvalue weighted by Crippen LogP contribution is 2.19. The van der Waals surface area contributed by atoms with E-state index in [4.69, 9.17) is 4.74 Å². The molecule has 0 atom stereocenters. The number of non-ortho nitro benzene ring substituents is 1. The number of amides is 1. The van der Waals surface area contributed by atoms with Gasteiger partial charge in [0.15, 0.2) is 0 Å². The van der Waals surface area contributed by atoms with E-state index in [1.54, 1.807) is 30.3 Å². The van der Waals surface area contributed by atoms with Crippen LogP contribution in [0.25, 0.3) is 0 Å². The molecule has 1 N–H and O–H groups in total. The first kappa shape index (κ1) is 17.5. The van der Waals surface area contributed by atoms with Gasteiger partial charge in [0.05, 0.1) is 11.5 Å². The van der Waals surface area contributed by atoms with Gasteiger partial charge in [0.2, 0.25) is 0 Å². The molecule has 2 rings (SSSR count). The van der Waals surface area contributed by atoms with Crippen molar-refractivity contribution in [1.82, 2.24) is 0 Å². The Morgan fingerprint density at radius 1 is 1.21 bits per heavy atom. The molecule has 0 aliphatic carbocycles. The van der Waals surface area contributed by atoms with Crippen molar-refractivity contribution in [2.75, 3.05) is 11.9 Å². The number of anilines is 1. The van der Waals surface area contributed by atoms with Gasteiger partial charge in [-0.15, -0.1) is 0 Å². The van der Waals surface area contributed by atoms with Crippen LogP contribution in [0.3, 0.4) is 0 Å². The Labute approximate surface area is 140 Å². The highest BCUT2D eigenvalue weighted by Gasteiger charge is 2.10. The molecule has 0 heterocycles. The van der Waals surface area contributed by atoms with Crippen molar-refractivity contribution in [2.45, 2.75) is 20.3 Å². The molecule has 6 heteroatoms. The lowest BCUT2D eigenvalue weighted by Crippen LogP contribution is -2.12. The number of hydrogen-bond donors (Lipinski definition) is 1. The summed E-state index contributed by atoms with van der Waals surface area (Å²) in [6, 6.07) is 12.6. The van der Waals surface area contributed by atoms with Crippen LogP contribution < -0.4 is 10.1 Å². The summed E-state index contributed by atoms with van der Waals surface area (Å²) in [6.45, 7) is 4.90. The Morgan fingerprint density at radius 2 is 1.92 bits per heavy atom. The third-order valence-electron chi connectivity index (χ3n) is 3.40. The summed E-state index contributed by atoms with van der Waals surface area (Å²) in [5.41, 5.74) is 0.769. The van der Waals surface area contributed by atoms with Gasteiger partial charge in [-0.25, -0.2) is 0 Å². The van der Waals surface area contributed by atoms with E-state index >= 15 is 0 Å². The van der Waals surface area contributed by atoms with Crippen LogP contribution in [-0.2, 0) is 0 Å². The second-order valence-electron chi connectivity index (χ2n) is 5.82. The molecule has 0 aliphatic heterocycles. The van der Waals surface area contributed by atoms with Crippen LogP contribution in [0, 0.1) is 16.0 Å². The van der Waals surface area contributed by atoms with Gasteiger partial charge >= 0.3 is 0 Å². The quantitative estimate of drug-likeness (QED) is 0.608. The third kappa shape index (κ3) is 5.08. The Hall–Kier alpha value is -2.89. The van der Waals surface area contributed by atoms with Gasteiger partial charge in [-0.2, -0.15) is 0 Å². The maximum atomic E-state index is 12.2. The van der Waals surface area contributed by atoms with Crippen LogP contribution in [0.1, 0.15) is 30.6 Å². The van der Waals surface area contributed by atoms with Crippen molar-refractivity contribution in [3.8, 4) is 5.75 Å². The van der Waals surface area contributed by atoms with Gasteiger partial charge in [0.25, 0.3) is 11.6 Å². The minimum Gasteiger partial charge on any atom is -0.494 e. The maximum Gasteiger partial charge on any atom is 0.271 e. The van der Waals surface area contributed by atoms with Crippen molar-refractivity contribution in [2.24, 2.45) is 5.92 Å². The van der Waals surface area contributed by atoms with Crippen LogP contribution in [0.2, 0.25) is 0 Å². The number of nitro benzene ring substituents is 1. The first-order chi connectivity index (χ1) is 11.5. The van der Waals surface area contributed by atoms with E-state index in [1.807, 2.05) is 0 Å². The number of benzene rings is 2. The largest absolute Gasteiger partial charge is 0.494 e. The van der Waals surface area contributed by atoms with Gasteiger partial charge < -0.3 is 10.1 Å². The molecule has 0 saturated heterocycles. The summed E-state index contributed by atoms with van der Waals surface area (Å²) in [6.07, 6.45) is 0.967. The molecule has 0 radical (unpaired) electrons. The number of nitrogens with zero attached hydrogens (tertiary/aromatic N) is 1. The molecule has 2 aromatic rings. The Kier molecular flexibility index (Phi) is 5.89. The van der Waals surface area contributed by atoms with E-state index in [0.29, 0.717) is 29.5 Å². The molecule has 0 bridgehead atoms. The van der Waals surface area contributed by atoms with Crippen molar-refractivity contribution < 1.29 is 14.5 Å². The van der Waals surface area contributed by atoms with Crippen LogP contribution >= 0.6 is 0 Å². The number of carbonyl (C=O) groups excluding carboxylic acids is 1. The number of rotatable bonds is 7. The lowest BCUT2D eigenvalue weighted by Gasteiger charge is -2.09. The third-order valence-corrected chi connectivity index (χ3v) is 3.40. The molecule has 126 valence electrons. The Bertz CT molecular complexity index is 711. The highest BCUT2D eigenvalue weighted by molar-refractivity contribution is 6.04. The highest BCUT2D eigenvalue weighted by atomic mass is 16.6. The summed E-state index contributed by atoms with van der Waals surface area (Å²) in [5, 5.41) is 13.4. The van der Waals surface area contributed by atoms with E-state index in [1.165, 1.54) is 18.2 Å². The van der Waals surface area contributed by atoms with Gasteiger partial charge in [0.1, 0.15) is 5.75 Å². The fraction of sp³-hybridized carbons (Fsp3) is 0.278. The lowest BCUT2D eigenvalue weighted by atomic mass is 10.1. The lowest BCUT2D eigenvalue weighted by molar-refractivity contribution is -0.384. The molecule has 2 aromatic carbocycles. The van der Waals surface area contributed by atoms with Gasteiger partial charge in [-0.05, 0) is 42.7 Å². The molecular formula is C18H20N2O4. The number of nitrogens with one attached hydrogen (secondary N) is 1. The predicted molar refractivity (Wildman–Crippen MR) is 92.4 cm³/mol.